The molecule has 0 aliphatic heterocycles. The van der Waals surface area contributed by atoms with Crippen molar-refractivity contribution < 1.29 is 4.79 Å². The Balaban J connectivity index is -0.000000218. The molecule has 0 aromatic carbocycles. The molecule has 13 heavy (non-hydrogen) atoms. The van der Waals surface area contributed by atoms with Gasteiger partial charge in [0.25, 0.3) is 0 Å². The molecule has 0 unspecified atom stereocenters. The van der Waals surface area contributed by atoms with E-state index in [1.807, 2.05) is 6.79 Å². The zero-order valence-corrected chi connectivity index (χ0v) is 9.27. The van der Waals surface area contributed by atoms with Crippen LogP contribution in [0, 0.1) is 0 Å². The first kappa shape index (κ1) is 18.2. The van der Waals surface area contributed by atoms with E-state index in [2.05, 4.69) is 32.3 Å². The molecule has 0 rings (SSSR count). The molecular weight excluding hydrogens is 162 g/mol. The van der Waals surface area contributed by atoms with Gasteiger partial charge in [-0.3, -0.25) is 0 Å². The third-order valence-electron chi connectivity index (χ3n) is 1.46. The molecule has 0 amide bonds. The predicted molar refractivity (Wildman–Crippen MR) is 61.1 cm³/mol. The molecule has 2 heteroatoms. The molecule has 0 heterocycles. The summed E-state index contributed by atoms with van der Waals surface area (Å²) >= 11 is 0. The highest BCUT2D eigenvalue weighted by Crippen LogP contribution is 1.96. The lowest BCUT2D eigenvalue weighted by molar-refractivity contribution is -0.0979. The molecule has 0 aliphatic rings. The Kier molecular flexibility index (Phi) is 42.2. The lowest BCUT2D eigenvalue weighted by Crippen LogP contribution is -2.13. The maximum absolute atomic E-state index is 8.00. The van der Waals surface area contributed by atoms with Gasteiger partial charge >= 0.3 is 0 Å². The molecule has 2 nitrogen and oxygen atoms in total. The van der Waals surface area contributed by atoms with Crippen LogP contribution in [0.4, 0.5) is 0 Å². The molecule has 0 fully saturated rings. The topological polar surface area (TPSA) is 29.1 Å². The van der Waals surface area contributed by atoms with E-state index in [1.54, 1.807) is 0 Å². The van der Waals surface area contributed by atoms with Crippen molar-refractivity contribution in [3.05, 3.63) is 13.2 Å². The number of nitrogens with one attached hydrogen (secondary N) is 1. The fourth-order valence-corrected chi connectivity index (χ4v) is 0.854. The Bertz CT molecular complexity index is 59.1. The van der Waals surface area contributed by atoms with E-state index in [1.165, 1.54) is 32.2 Å². The van der Waals surface area contributed by atoms with E-state index in [0.29, 0.717) is 0 Å². The van der Waals surface area contributed by atoms with E-state index < -0.39 is 0 Å². The van der Waals surface area contributed by atoms with Crippen LogP contribution in [0.5, 0.6) is 0 Å². The molecule has 0 atom stereocenters. The number of hydrogen-bond acceptors (Lipinski definition) is 2. The number of rotatable bonds is 6. The lowest BCUT2D eigenvalue weighted by atomic mass is 10.2. The van der Waals surface area contributed by atoms with Crippen LogP contribution >= 0.6 is 0 Å². The van der Waals surface area contributed by atoms with Crippen LogP contribution in [0.2, 0.25) is 0 Å². The molecular formula is C11H25NO. The summed E-state index contributed by atoms with van der Waals surface area (Å²) in [6.07, 6.45) is 5.47. The van der Waals surface area contributed by atoms with Gasteiger partial charge in [0.15, 0.2) is 0 Å². The van der Waals surface area contributed by atoms with Crippen molar-refractivity contribution in [3.63, 3.8) is 0 Å². The summed E-state index contributed by atoms with van der Waals surface area (Å²) in [4.78, 5) is 8.00. The third kappa shape index (κ3) is 34.6. The minimum atomic E-state index is 1.12. The summed E-state index contributed by atoms with van der Waals surface area (Å²) in [6.45, 7) is 14.7. The van der Waals surface area contributed by atoms with Gasteiger partial charge in [0.05, 0.1) is 0 Å². The van der Waals surface area contributed by atoms with Crippen LogP contribution in [0.3, 0.4) is 0 Å². The van der Waals surface area contributed by atoms with Crippen LogP contribution in [-0.2, 0) is 4.79 Å². The van der Waals surface area contributed by atoms with E-state index in [4.69, 9.17) is 4.79 Å². The number of hydrogen-bond donors (Lipinski definition) is 1. The van der Waals surface area contributed by atoms with Crippen molar-refractivity contribution >= 4 is 6.79 Å². The molecule has 0 aromatic heterocycles. The minimum absolute atomic E-state index is 1.12. The van der Waals surface area contributed by atoms with Gasteiger partial charge in [-0.1, -0.05) is 33.1 Å². The minimum Gasteiger partial charge on any atom is -0.317 e. The first-order valence-electron chi connectivity index (χ1n) is 4.91. The van der Waals surface area contributed by atoms with Gasteiger partial charge in [-0.15, -0.1) is 13.2 Å². The van der Waals surface area contributed by atoms with E-state index in [-0.39, 0.29) is 0 Å². The Morgan fingerprint density at radius 1 is 1.00 bits per heavy atom. The van der Waals surface area contributed by atoms with Crippen molar-refractivity contribution in [2.75, 3.05) is 13.1 Å². The molecule has 0 bridgehead atoms. The van der Waals surface area contributed by atoms with Gasteiger partial charge in [0, 0.05) is 0 Å². The largest absolute Gasteiger partial charge is 0.317 e. The lowest BCUT2D eigenvalue weighted by Gasteiger charge is -1.98. The van der Waals surface area contributed by atoms with Gasteiger partial charge in [-0.2, -0.15) is 0 Å². The average molecular weight is 187 g/mol. The van der Waals surface area contributed by atoms with Crippen LogP contribution in [0.1, 0.15) is 39.5 Å². The number of carbonyl (C=O) groups excluding carboxylic acids is 1. The van der Waals surface area contributed by atoms with E-state index >= 15 is 0 Å². The third-order valence-corrected chi connectivity index (χ3v) is 1.46. The summed E-state index contributed by atoms with van der Waals surface area (Å²) in [5.74, 6) is 0. The van der Waals surface area contributed by atoms with Crippen molar-refractivity contribution in [3.8, 4) is 0 Å². The Labute approximate surface area is 83.4 Å². The van der Waals surface area contributed by atoms with Gasteiger partial charge in [-0.05, 0) is 19.5 Å². The monoisotopic (exact) mass is 187 g/mol. The quantitative estimate of drug-likeness (QED) is 0.512. The molecule has 0 saturated carbocycles. The van der Waals surface area contributed by atoms with Gasteiger partial charge < -0.3 is 10.1 Å². The fourth-order valence-electron chi connectivity index (χ4n) is 0.854. The van der Waals surface area contributed by atoms with Crippen molar-refractivity contribution in [2.45, 2.75) is 39.5 Å². The predicted octanol–water partition coefficient (Wildman–Crippen LogP) is 2.79. The highest BCUT2D eigenvalue weighted by atomic mass is 16.1. The van der Waals surface area contributed by atoms with Crippen LogP contribution in [-0.4, -0.2) is 19.9 Å². The summed E-state index contributed by atoms with van der Waals surface area (Å²) in [6, 6.07) is 0. The van der Waals surface area contributed by atoms with Gasteiger partial charge in [0.2, 0.25) is 0 Å². The molecule has 0 spiro atoms. The first-order valence-corrected chi connectivity index (χ1v) is 4.91. The molecule has 0 saturated heterocycles. The molecule has 0 aliphatic carbocycles. The van der Waals surface area contributed by atoms with Crippen molar-refractivity contribution in [2.24, 2.45) is 0 Å². The second-order valence-electron chi connectivity index (χ2n) is 2.41. The summed E-state index contributed by atoms with van der Waals surface area (Å²) < 4.78 is 0. The maximum atomic E-state index is 8.00. The molecule has 80 valence electrons. The van der Waals surface area contributed by atoms with Crippen molar-refractivity contribution in [1.82, 2.24) is 5.32 Å². The second kappa shape index (κ2) is 30.1. The Morgan fingerprint density at radius 2 is 1.54 bits per heavy atom. The van der Waals surface area contributed by atoms with Crippen LogP contribution < -0.4 is 5.32 Å². The number of carbonyl (C=O) groups is 1. The molecule has 0 radical (unpaired) electrons. The zero-order chi connectivity index (χ0) is 10.9. The highest BCUT2D eigenvalue weighted by Gasteiger charge is 1.84. The average Bonchev–Trinajstić information content (AvgIpc) is 2.24. The zero-order valence-electron chi connectivity index (χ0n) is 9.27. The second-order valence-corrected chi connectivity index (χ2v) is 2.41. The van der Waals surface area contributed by atoms with Crippen LogP contribution in [0.15, 0.2) is 13.2 Å². The standard InChI is InChI=1S/C8H19N.C2H4.CH2O/c1-3-5-6-7-8-9-4-2;2*1-2/h9H,3-8H2,1-2H3;1-2H2;1H2. The van der Waals surface area contributed by atoms with Gasteiger partial charge in [-0.25, -0.2) is 0 Å². The van der Waals surface area contributed by atoms with E-state index in [0.717, 1.165) is 6.54 Å². The smallest absolute Gasteiger partial charge is 0.106 e. The van der Waals surface area contributed by atoms with Crippen LogP contribution in [0.25, 0.3) is 0 Å². The first-order chi connectivity index (χ1) is 6.41. The highest BCUT2D eigenvalue weighted by molar-refractivity contribution is 5.10. The normalized spacial score (nSPS) is 7.54. The SMILES string of the molecule is C=C.C=O.CCCCCCNCC. The summed E-state index contributed by atoms with van der Waals surface area (Å²) in [5.41, 5.74) is 0. The number of unbranched alkanes of at least 4 members (excludes halogenated alkanes) is 3. The van der Waals surface area contributed by atoms with E-state index in [9.17, 15) is 0 Å². The summed E-state index contributed by atoms with van der Waals surface area (Å²) in [7, 11) is 0. The van der Waals surface area contributed by atoms with Crippen molar-refractivity contribution in [1.29, 1.82) is 0 Å². The van der Waals surface area contributed by atoms with Gasteiger partial charge in [0.1, 0.15) is 6.79 Å². The Hall–Kier alpha value is -0.630. The molecule has 1 N–H and O–H groups in total. The summed E-state index contributed by atoms with van der Waals surface area (Å²) in [5, 5.41) is 3.31. The maximum Gasteiger partial charge on any atom is 0.106 e. The Morgan fingerprint density at radius 3 is 1.92 bits per heavy atom. The molecule has 0 aromatic rings. The fraction of sp³-hybridized carbons (Fsp3) is 0.727.